The van der Waals surface area contributed by atoms with Gasteiger partial charge in [0, 0.05) is 11.8 Å². The molecular formula is C18H15F2N3O3. The Bertz CT molecular complexity index is 865. The zero-order valence-corrected chi connectivity index (χ0v) is 13.8. The molecule has 1 unspecified atom stereocenters. The first kappa shape index (κ1) is 18.9. The zero-order valence-electron chi connectivity index (χ0n) is 13.8. The summed E-state index contributed by atoms with van der Waals surface area (Å²) in [5.74, 6) is -3.05. The van der Waals surface area contributed by atoms with E-state index in [0.29, 0.717) is 0 Å². The minimum absolute atomic E-state index is 0.0652. The average Bonchev–Trinajstić information content (AvgIpc) is 2.63. The summed E-state index contributed by atoms with van der Waals surface area (Å²) in [5, 5.41) is 13.7. The highest BCUT2D eigenvalue weighted by Gasteiger charge is 2.17. The number of hydrogen-bond donors (Lipinski definition) is 2. The lowest BCUT2D eigenvalue weighted by Gasteiger charge is -2.15. The third-order valence-corrected chi connectivity index (χ3v) is 3.31. The maximum absolute atomic E-state index is 13.1. The van der Waals surface area contributed by atoms with Gasteiger partial charge in [-0.1, -0.05) is 12.1 Å². The number of halogens is 2. The molecule has 26 heavy (non-hydrogen) atoms. The second-order valence-corrected chi connectivity index (χ2v) is 5.26. The molecule has 0 aliphatic carbocycles. The van der Waals surface area contributed by atoms with Gasteiger partial charge in [-0.15, -0.1) is 0 Å². The smallest absolute Gasteiger partial charge is 0.261 e. The first-order valence-electron chi connectivity index (χ1n) is 7.59. The maximum Gasteiger partial charge on any atom is 0.261 e. The molecule has 0 aliphatic rings. The van der Waals surface area contributed by atoms with Crippen molar-refractivity contribution in [3.05, 3.63) is 59.7 Å². The predicted molar refractivity (Wildman–Crippen MR) is 89.2 cm³/mol. The normalized spacial score (nSPS) is 11.2. The van der Waals surface area contributed by atoms with E-state index < -0.39 is 29.6 Å². The first-order chi connectivity index (χ1) is 12.4. The Morgan fingerprint density at radius 3 is 2.62 bits per heavy atom. The molecule has 0 aromatic heterocycles. The van der Waals surface area contributed by atoms with Gasteiger partial charge in [-0.3, -0.25) is 9.59 Å². The van der Waals surface area contributed by atoms with Gasteiger partial charge in [-0.25, -0.2) is 8.78 Å². The number of rotatable bonds is 6. The van der Waals surface area contributed by atoms with Gasteiger partial charge in [0.1, 0.15) is 11.8 Å². The summed E-state index contributed by atoms with van der Waals surface area (Å²) in [5.41, 5.74) is 0.346. The summed E-state index contributed by atoms with van der Waals surface area (Å²) >= 11 is 0. The minimum Gasteiger partial charge on any atom is -0.480 e. The standard InChI is InChI=1S/C18H15F2N3O3/c1-11(26-16-5-3-2-4-12(16)9-21)18(25)22-10-17(24)23-13-6-7-14(19)15(20)8-13/h2-8,11H,10H2,1H3,(H,22,25)(H,23,24). The molecule has 0 aliphatic heterocycles. The van der Waals surface area contributed by atoms with Crippen LogP contribution in [0.4, 0.5) is 14.5 Å². The van der Waals surface area contributed by atoms with E-state index in [1.165, 1.54) is 13.0 Å². The van der Waals surface area contributed by atoms with Crippen molar-refractivity contribution in [2.75, 3.05) is 11.9 Å². The van der Waals surface area contributed by atoms with E-state index in [-0.39, 0.29) is 23.5 Å². The van der Waals surface area contributed by atoms with Crippen molar-refractivity contribution in [1.82, 2.24) is 5.32 Å². The van der Waals surface area contributed by atoms with Crippen LogP contribution in [-0.4, -0.2) is 24.5 Å². The first-order valence-corrected chi connectivity index (χ1v) is 7.59. The lowest BCUT2D eigenvalue weighted by molar-refractivity contribution is -0.129. The zero-order chi connectivity index (χ0) is 19.1. The number of benzene rings is 2. The van der Waals surface area contributed by atoms with Gasteiger partial charge in [-0.2, -0.15) is 5.26 Å². The quantitative estimate of drug-likeness (QED) is 0.828. The van der Waals surface area contributed by atoms with E-state index >= 15 is 0 Å². The molecule has 2 amide bonds. The molecule has 0 spiro atoms. The van der Waals surface area contributed by atoms with Gasteiger partial charge in [-0.05, 0) is 31.2 Å². The van der Waals surface area contributed by atoms with Gasteiger partial charge < -0.3 is 15.4 Å². The van der Waals surface area contributed by atoms with Crippen LogP contribution in [0.1, 0.15) is 12.5 Å². The molecule has 0 heterocycles. The maximum atomic E-state index is 13.1. The second kappa shape index (κ2) is 8.58. The van der Waals surface area contributed by atoms with Crippen molar-refractivity contribution in [3.8, 4) is 11.8 Å². The molecule has 6 nitrogen and oxygen atoms in total. The van der Waals surface area contributed by atoms with Crippen LogP contribution < -0.4 is 15.4 Å². The molecule has 0 saturated heterocycles. The van der Waals surface area contributed by atoms with Crippen molar-refractivity contribution < 1.29 is 23.1 Å². The summed E-state index contributed by atoms with van der Waals surface area (Å²) < 4.78 is 31.3. The van der Waals surface area contributed by atoms with Gasteiger partial charge in [0.15, 0.2) is 17.7 Å². The van der Waals surface area contributed by atoms with Crippen LogP contribution in [0.25, 0.3) is 0 Å². The molecule has 1 atom stereocenters. The Hall–Kier alpha value is -3.47. The van der Waals surface area contributed by atoms with Crippen molar-refractivity contribution in [2.24, 2.45) is 0 Å². The molecule has 0 saturated carbocycles. The molecule has 2 aromatic carbocycles. The average molecular weight is 359 g/mol. The lowest BCUT2D eigenvalue weighted by Crippen LogP contribution is -2.40. The van der Waals surface area contributed by atoms with Crippen LogP contribution in [0.15, 0.2) is 42.5 Å². The number of amides is 2. The summed E-state index contributed by atoms with van der Waals surface area (Å²) in [6.45, 7) is 1.09. The molecule has 8 heteroatoms. The van der Waals surface area contributed by atoms with Gasteiger partial charge in [0.05, 0.1) is 12.1 Å². The van der Waals surface area contributed by atoms with Crippen LogP contribution in [-0.2, 0) is 9.59 Å². The van der Waals surface area contributed by atoms with Gasteiger partial charge in [0.2, 0.25) is 5.91 Å². The number of nitrogens with one attached hydrogen (secondary N) is 2. The van der Waals surface area contributed by atoms with Crippen molar-refractivity contribution >= 4 is 17.5 Å². The fraction of sp³-hybridized carbons (Fsp3) is 0.167. The molecule has 2 N–H and O–H groups in total. The molecular weight excluding hydrogens is 344 g/mol. The van der Waals surface area contributed by atoms with E-state index in [0.717, 1.165) is 12.1 Å². The molecule has 2 aromatic rings. The Morgan fingerprint density at radius 1 is 1.19 bits per heavy atom. The Morgan fingerprint density at radius 2 is 1.92 bits per heavy atom. The number of ether oxygens (including phenoxy) is 1. The lowest BCUT2D eigenvalue weighted by atomic mass is 10.2. The molecule has 2 rings (SSSR count). The van der Waals surface area contributed by atoms with E-state index in [1.807, 2.05) is 6.07 Å². The van der Waals surface area contributed by atoms with E-state index in [4.69, 9.17) is 10.00 Å². The third-order valence-electron chi connectivity index (χ3n) is 3.31. The highest BCUT2D eigenvalue weighted by Crippen LogP contribution is 2.18. The number of nitriles is 1. The van der Waals surface area contributed by atoms with Crippen LogP contribution in [0, 0.1) is 23.0 Å². The Kier molecular flexibility index (Phi) is 6.22. The molecule has 0 radical (unpaired) electrons. The third kappa shape index (κ3) is 5.01. The van der Waals surface area contributed by atoms with Crippen LogP contribution in [0.5, 0.6) is 5.75 Å². The fourth-order valence-corrected chi connectivity index (χ4v) is 2.00. The topological polar surface area (TPSA) is 91.2 Å². The fourth-order valence-electron chi connectivity index (χ4n) is 2.00. The summed E-state index contributed by atoms with van der Waals surface area (Å²) in [4.78, 5) is 23.8. The number of anilines is 1. The number of para-hydroxylation sites is 1. The number of carbonyl (C=O) groups excluding carboxylic acids is 2. The Balaban J connectivity index is 1.86. The minimum atomic E-state index is -1.09. The second-order valence-electron chi connectivity index (χ2n) is 5.26. The summed E-state index contributed by atoms with van der Waals surface area (Å²) in [6.07, 6.45) is -0.944. The summed E-state index contributed by atoms with van der Waals surface area (Å²) in [6, 6.07) is 11.3. The van der Waals surface area contributed by atoms with E-state index in [9.17, 15) is 18.4 Å². The number of hydrogen-bond acceptors (Lipinski definition) is 4. The van der Waals surface area contributed by atoms with E-state index in [2.05, 4.69) is 10.6 Å². The molecule has 134 valence electrons. The molecule has 0 bridgehead atoms. The largest absolute Gasteiger partial charge is 0.480 e. The van der Waals surface area contributed by atoms with Crippen molar-refractivity contribution in [3.63, 3.8) is 0 Å². The van der Waals surface area contributed by atoms with E-state index in [1.54, 1.807) is 24.3 Å². The van der Waals surface area contributed by atoms with Gasteiger partial charge >= 0.3 is 0 Å². The SMILES string of the molecule is CC(Oc1ccccc1C#N)C(=O)NCC(=O)Nc1ccc(F)c(F)c1. The Labute approximate surface area is 148 Å². The summed E-state index contributed by atoms with van der Waals surface area (Å²) in [7, 11) is 0. The molecule has 0 fully saturated rings. The van der Waals surface area contributed by atoms with Gasteiger partial charge in [0.25, 0.3) is 5.91 Å². The van der Waals surface area contributed by atoms with Crippen LogP contribution in [0.2, 0.25) is 0 Å². The van der Waals surface area contributed by atoms with Crippen molar-refractivity contribution in [2.45, 2.75) is 13.0 Å². The van der Waals surface area contributed by atoms with Crippen molar-refractivity contribution in [1.29, 1.82) is 5.26 Å². The number of nitrogens with zero attached hydrogens (tertiary/aromatic N) is 1. The van der Waals surface area contributed by atoms with Crippen LogP contribution >= 0.6 is 0 Å². The van der Waals surface area contributed by atoms with Crippen LogP contribution in [0.3, 0.4) is 0 Å². The highest BCUT2D eigenvalue weighted by molar-refractivity contribution is 5.95. The highest BCUT2D eigenvalue weighted by atomic mass is 19.2. The monoisotopic (exact) mass is 359 g/mol. The number of carbonyl (C=O) groups is 2. The predicted octanol–water partition coefficient (Wildman–Crippen LogP) is 2.36.